The molecular weight excluding hydrogens is 322 g/mol. The van der Waals surface area contributed by atoms with E-state index in [1.165, 1.54) is 16.7 Å². The van der Waals surface area contributed by atoms with Crippen LogP contribution in [0.5, 0.6) is 0 Å². The third kappa shape index (κ3) is 9.02. The van der Waals surface area contributed by atoms with Gasteiger partial charge >= 0.3 is 0 Å². The van der Waals surface area contributed by atoms with Crippen molar-refractivity contribution in [3.8, 4) is 0 Å². The Balaban J connectivity index is 0.00000134. The molecule has 2 heteroatoms. The summed E-state index contributed by atoms with van der Waals surface area (Å²) >= 11 is 1.74. The van der Waals surface area contributed by atoms with Crippen molar-refractivity contribution >= 4 is 17.6 Å². The van der Waals surface area contributed by atoms with Gasteiger partial charge in [-0.05, 0) is 52.6 Å². The summed E-state index contributed by atoms with van der Waals surface area (Å²) in [5.41, 5.74) is 5.50. The van der Waals surface area contributed by atoms with Crippen LogP contribution in [0, 0.1) is 0 Å². The smallest absolute Gasteiger partial charge is 0.0440 e. The van der Waals surface area contributed by atoms with Gasteiger partial charge in [0.1, 0.15) is 0 Å². The number of hydrogen-bond acceptors (Lipinski definition) is 2. The van der Waals surface area contributed by atoms with Crippen molar-refractivity contribution in [3.63, 3.8) is 0 Å². The lowest BCUT2D eigenvalue weighted by Gasteiger charge is -2.19. The van der Waals surface area contributed by atoms with E-state index >= 15 is 0 Å². The fourth-order valence-corrected chi connectivity index (χ4v) is 2.85. The summed E-state index contributed by atoms with van der Waals surface area (Å²) in [5, 5.41) is 0. The van der Waals surface area contributed by atoms with Crippen molar-refractivity contribution in [2.24, 2.45) is 0 Å². The van der Waals surface area contributed by atoms with Crippen molar-refractivity contribution in [1.29, 1.82) is 0 Å². The number of hydrogen-bond donors (Lipinski definition) is 1. The Morgan fingerprint density at radius 3 is 1.68 bits per heavy atom. The molecule has 0 amide bonds. The van der Waals surface area contributed by atoms with Crippen LogP contribution >= 0.6 is 11.9 Å². The Morgan fingerprint density at radius 2 is 1.24 bits per heavy atom. The molecule has 1 N–H and O–H groups in total. The summed E-state index contributed by atoms with van der Waals surface area (Å²) in [6.45, 7) is 16.9. The Bertz CT molecular complexity index is 550. The average molecular weight is 360 g/mol. The van der Waals surface area contributed by atoms with Crippen molar-refractivity contribution in [2.45, 2.75) is 73.0 Å². The van der Waals surface area contributed by atoms with Crippen LogP contribution in [0.3, 0.4) is 0 Å². The highest BCUT2D eigenvalue weighted by Crippen LogP contribution is 2.25. The van der Waals surface area contributed by atoms with E-state index in [1.807, 2.05) is 27.7 Å². The largest absolute Gasteiger partial charge is 0.329 e. The number of benzene rings is 2. The summed E-state index contributed by atoms with van der Waals surface area (Å²) in [7, 11) is 0. The molecule has 2 aromatic carbocycles. The number of aryl methyl sites for hydroxylation is 1. The maximum Gasteiger partial charge on any atom is 0.0440 e. The minimum absolute atomic E-state index is 0.215. The zero-order valence-electron chi connectivity index (χ0n) is 17.4. The van der Waals surface area contributed by atoms with E-state index in [9.17, 15) is 0 Å². The molecule has 0 bridgehead atoms. The maximum atomic E-state index is 3.42. The molecule has 0 spiro atoms. The number of rotatable bonds is 5. The number of nitrogens with one attached hydrogen (secondary N) is 1. The van der Waals surface area contributed by atoms with Gasteiger partial charge in [-0.25, -0.2) is 0 Å². The fourth-order valence-electron chi connectivity index (χ4n) is 2.11. The van der Waals surface area contributed by atoms with Gasteiger partial charge < -0.3 is 4.72 Å². The highest BCUT2D eigenvalue weighted by Gasteiger charge is 2.12. The third-order valence-corrected chi connectivity index (χ3v) is 4.47. The van der Waals surface area contributed by atoms with Crippen LogP contribution in [0.25, 0.3) is 0 Å². The third-order valence-electron chi connectivity index (χ3n) is 3.61. The molecule has 0 atom stereocenters. The van der Waals surface area contributed by atoms with Crippen LogP contribution in [0.2, 0.25) is 0 Å². The first-order chi connectivity index (χ1) is 12.0. The molecule has 25 heavy (non-hydrogen) atoms. The monoisotopic (exact) mass is 359 g/mol. The Labute approximate surface area is 160 Å². The molecule has 1 nitrogen and oxygen atoms in total. The van der Waals surface area contributed by atoms with Crippen molar-refractivity contribution < 1.29 is 0 Å². The molecule has 140 valence electrons. The summed E-state index contributed by atoms with van der Waals surface area (Å²) in [6, 6.07) is 17.6. The minimum atomic E-state index is 0.215. The molecule has 2 rings (SSSR count). The quantitative estimate of drug-likeness (QED) is 0.545. The Morgan fingerprint density at radius 1 is 0.760 bits per heavy atom. The topological polar surface area (TPSA) is 12.0 Å². The first kappa shape index (κ1) is 23.6. The van der Waals surface area contributed by atoms with Crippen molar-refractivity contribution in [1.82, 2.24) is 0 Å². The Hall–Kier alpha value is -1.41. The molecule has 2 aromatic rings. The van der Waals surface area contributed by atoms with Crippen LogP contribution in [0.15, 0.2) is 48.5 Å². The minimum Gasteiger partial charge on any atom is -0.329 e. The second-order valence-electron chi connectivity index (χ2n) is 6.39. The predicted octanol–water partition coefficient (Wildman–Crippen LogP) is 7.86. The molecule has 0 heterocycles. The molecule has 0 saturated carbocycles. The van der Waals surface area contributed by atoms with Gasteiger partial charge in [-0.2, -0.15) is 0 Å². The molecule has 0 aliphatic rings. The van der Waals surface area contributed by atoms with E-state index in [2.05, 4.69) is 80.9 Å². The molecule has 0 aliphatic carbocycles. The van der Waals surface area contributed by atoms with Gasteiger partial charge in [0, 0.05) is 11.4 Å². The van der Waals surface area contributed by atoms with Crippen LogP contribution in [0.1, 0.15) is 72.1 Å². The van der Waals surface area contributed by atoms with E-state index in [1.54, 1.807) is 11.9 Å². The molecule has 0 aromatic heterocycles. The summed E-state index contributed by atoms with van der Waals surface area (Å²) in [4.78, 5) is 0. The van der Waals surface area contributed by atoms with Gasteiger partial charge in [0.2, 0.25) is 0 Å². The zero-order chi connectivity index (χ0) is 19.3. The predicted molar refractivity (Wildman–Crippen MR) is 119 cm³/mol. The van der Waals surface area contributed by atoms with Gasteiger partial charge in [-0.15, -0.1) is 0 Å². The standard InChI is InChI=1S/C19H25NS.2C2H6/c1-5-15-6-8-16(9-7-15)14-21-20-18-12-10-17(11-13-18)19(2,3)4;2*1-2/h6-13,20H,5,14H2,1-4H3;2*1-2H3. The SMILES string of the molecule is CC.CC.CCc1ccc(CSNc2ccc(C(C)(C)C)cc2)cc1. The second-order valence-corrected chi connectivity index (χ2v) is 7.17. The van der Waals surface area contributed by atoms with Gasteiger partial charge in [-0.1, -0.05) is 91.8 Å². The van der Waals surface area contributed by atoms with Crippen LogP contribution in [-0.2, 0) is 17.6 Å². The Kier molecular flexibility index (Phi) is 12.2. The van der Waals surface area contributed by atoms with E-state index in [0.29, 0.717) is 0 Å². The summed E-state index contributed by atoms with van der Waals surface area (Å²) < 4.78 is 3.42. The average Bonchev–Trinajstić information content (AvgIpc) is 2.65. The van der Waals surface area contributed by atoms with Gasteiger partial charge in [0.15, 0.2) is 0 Å². The van der Waals surface area contributed by atoms with E-state index in [0.717, 1.165) is 17.9 Å². The molecule has 0 saturated heterocycles. The van der Waals surface area contributed by atoms with Crippen LogP contribution in [0.4, 0.5) is 5.69 Å². The maximum absolute atomic E-state index is 3.42. The van der Waals surface area contributed by atoms with Crippen LogP contribution in [-0.4, -0.2) is 0 Å². The van der Waals surface area contributed by atoms with E-state index < -0.39 is 0 Å². The van der Waals surface area contributed by atoms with Gasteiger partial charge in [0.05, 0.1) is 0 Å². The first-order valence-electron chi connectivity index (χ1n) is 9.55. The normalized spacial score (nSPS) is 10.1. The molecular formula is C23H37NS. The van der Waals surface area contributed by atoms with Crippen molar-refractivity contribution in [3.05, 3.63) is 65.2 Å². The molecule has 0 radical (unpaired) electrons. The van der Waals surface area contributed by atoms with E-state index in [-0.39, 0.29) is 5.41 Å². The molecule has 0 unspecified atom stereocenters. The first-order valence-corrected chi connectivity index (χ1v) is 10.5. The highest BCUT2D eigenvalue weighted by molar-refractivity contribution is 7.99. The number of anilines is 1. The van der Waals surface area contributed by atoms with Gasteiger partial charge in [0.25, 0.3) is 0 Å². The second kappa shape index (κ2) is 12.9. The molecule has 0 aliphatic heterocycles. The van der Waals surface area contributed by atoms with Crippen LogP contribution < -0.4 is 4.72 Å². The zero-order valence-corrected chi connectivity index (χ0v) is 18.3. The lowest BCUT2D eigenvalue weighted by Crippen LogP contribution is -2.10. The lowest BCUT2D eigenvalue weighted by atomic mass is 9.87. The summed E-state index contributed by atoms with van der Waals surface area (Å²) in [6.07, 6.45) is 1.10. The van der Waals surface area contributed by atoms with E-state index in [4.69, 9.17) is 0 Å². The summed E-state index contributed by atoms with van der Waals surface area (Å²) in [5.74, 6) is 0.977. The lowest BCUT2D eigenvalue weighted by molar-refractivity contribution is 0.590. The van der Waals surface area contributed by atoms with Crippen molar-refractivity contribution in [2.75, 3.05) is 4.72 Å². The highest BCUT2D eigenvalue weighted by atomic mass is 32.2. The fraction of sp³-hybridized carbons (Fsp3) is 0.478. The molecule has 0 fully saturated rings. The van der Waals surface area contributed by atoms with Gasteiger partial charge in [-0.3, -0.25) is 0 Å².